The van der Waals surface area contributed by atoms with E-state index in [0.717, 1.165) is 0 Å². The second kappa shape index (κ2) is 22.8. The Kier molecular flexibility index (Phi) is 19.4. The van der Waals surface area contributed by atoms with Crippen molar-refractivity contribution in [2.45, 2.75) is 51.0 Å². The molecule has 2 rings (SSSR count). The minimum absolute atomic E-state index is 0.0253. The molecular formula is C30H53BN8O12. The molecule has 2 aliphatic heterocycles. The van der Waals surface area contributed by atoms with Crippen LogP contribution in [0.2, 0.25) is 0 Å². The topological polar surface area (TPSA) is 273 Å². The van der Waals surface area contributed by atoms with E-state index in [0.29, 0.717) is 45.3 Å². The molecule has 0 spiro atoms. The molecule has 8 N–H and O–H groups in total. The van der Waals surface area contributed by atoms with Crippen LogP contribution in [0.25, 0.3) is 0 Å². The number of carboxylic acid groups (broad SMARTS) is 3. The molecule has 2 heterocycles. The lowest BCUT2D eigenvalue weighted by atomic mass is 9.78. The van der Waals surface area contributed by atoms with Gasteiger partial charge in [0.2, 0.25) is 23.6 Å². The fourth-order valence-corrected chi connectivity index (χ4v) is 5.93. The summed E-state index contributed by atoms with van der Waals surface area (Å²) in [5.41, 5.74) is 0. The fraction of sp³-hybridized carbons (Fsp3) is 0.767. The molecule has 0 saturated carbocycles. The highest BCUT2D eigenvalue weighted by Gasteiger charge is 2.38. The summed E-state index contributed by atoms with van der Waals surface area (Å²) in [5, 5.41) is 54.7. The Bertz CT molecular complexity index is 1170. The fourth-order valence-electron chi connectivity index (χ4n) is 5.93. The molecule has 0 aromatic heterocycles. The molecule has 0 bridgehead atoms. The highest BCUT2D eigenvalue weighted by molar-refractivity contribution is 6.43. The number of carboxylic acids is 3. The van der Waals surface area contributed by atoms with Crippen LogP contribution in [0.3, 0.4) is 0 Å². The summed E-state index contributed by atoms with van der Waals surface area (Å²) in [4.78, 5) is 92.3. The van der Waals surface area contributed by atoms with Crippen LogP contribution in [-0.4, -0.2) is 209 Å². The van der Waals surface area contributed by atoms with Crippen LogP contribution in [0.15, 0.2) is 0 Å². The SMILES string of the molecule is C[C@@H](NC(=O)CNC(=O)CCCCNC(=O)CN1CCN(CC(=O)O)CCN(CC(=O)O)CCN(CC(=O)O)CC1)C(=O)N1CCC[C@H]1B(O)O. The summed E-state index contributed by atoms with van der Waals surface area (Å²) < 4.78 is 0. The first kappa shape index (κ1) is 43.3. The maximum absolute atomic E-state index is 12.8. The second-order valence-electron chi connectivity index (χ2n) is 12.8. The maximum atomic E-state index is 12.8. The number of hydrogen-bond donors (Lipinski definition) is 8. The lowest BCUT2D eigenvalue weighted by Crippen LogP contribution is -2.53. The average Bonchev–Trinajstić information content (AvgIpc) is 3.54. The molecule has 0 unspecified atom stereocenters. The van der Waals surface area contributed by atoms with Crippen molar-refractivity contribution in [3.05, 3.63) is 0 Å². The predicted molar refractivity (Wildman–Crippen MR) is 181 cm³/mol. The van der Waals surface area contributed by atoms with Gasteiger partial charge in [-0.1, -0.05) is 0 Å². The summed E-state index contributed by atoms with van der Waals surface area (Å²) in [6.45, 7) is 3.22. The molecule has 0 aliphatic carbocycles. The van der Waals surface area contributed by atoms with E-state index in [1.54, 1.807) is 14.7 Å². The predicted octanol–water partition coefficient (Wildman–Crippen LogP) is -4.63. The van der Waals surface area contributed by atoms with Crippen LogP contribution in [0, 0.1) is 0 Å². The van der Waals surface area contributed by atoms with Gasteiger partial charge in [-0.05, 0) is 32.6 Å². The standard InChI is InChI=1S/C30H53BN8O12/c1-22(30(49)39-8-4-5-23(39)31(50)51)34-25(41)17-33-24(40)6-2-3-7-32-26(42)18-35-9-11-36(19-27(43)44)13-15-38(21-29(47)48)16-14-37(12-10-35)20-28(45)46/h22-23,50-51H,2-21H2,1H3,(H,32,42)(H,33,40)(H,34,41)(H,43,44)(H,45,46)(H,47,48)/t22-,23+/m1/s1. The van der Waals surface area contributed by atoms with E-state index in [-0.39, 0.29) is 96.8 Å². The van der Waals surface area contributed by atoms with Gasteiger partial charge in [0.15, 0.2) is 0 Å². The average molecular weight is 729 g/mol. The molecule has 2 aliphatic rings. The number of aliphatic carboxylic acids is 3. The zero-order valence-corrected chi connectivity index (χ0v) is 29.2. The van der Waals surface area contributed by atoms with Crippen molar-refractivity contribution < 1.29 is 58.9 Å². The van der Waals surface area contributed by atoms with Crippen molar-refractivity contribution in [3.63, 3.8) is 0 Å². The third kappa shape index (κ3) is 17.7. The Morgan fingerprint density at radius 2 is 1.12 bits per heavy atom. The molecule has 0 radical (unpaired) electrons. The normalized spacial score (nSPS) is 19.3. The van der Waals surface area contributed by atoms with Crippen LogP contribution in [0.4, 0.5) is 0 Å². The molecule has 0 aromatic carbocycles. The Labute approximate surface area is 297 Å². The number of likely N-dealkylation sites (tertiary alicyclic amines) is 1. The number of nitrogens with zero attached hydrogens (tertiary/aromatic N) is 5. The van der Waals surface area contributed by atoms with Crippen LogP contribution in [0.1, 0.15) is 39.0 Å². The third-order valence-electron chi connectivity index (χ3n) is 8.65. The van der Waals surface area contributed by atoms with Crippen LogP contribution in [0.5, 0.6) is 0 Å². The molecular weight excluding hydrogens is 675 g/mol. The van der Waals surface area contributed by atoms with Gasteiger partial charge in [0.05, 0.1) is 38.7 Å². The molecule has 2 saturated heterocycles. The summed E-state index contributed by atoms with van der Waals surface area (Å²) in [5.74, 6) is -5.56. The highest BCUT2D eigenvalue weighted by atomic mass is 16.4. The van der Waals surface area contributed by atoms with E-state index >= 15 is 0 Å². The lowest BCUT2D eigenvalue weighted by molar-refractivity contribution is -0.140. The molecule has 4 amide bonds. The van der Waals surface area contributed by atoms with Crippen LogP contribution >= 0.6 is 0 Å². The number of nitrogens with one attached hydrogen (secondary N) is 3. The van der Waals surface area contributed by atoms with Gasteiger partial charge < -0.3 is 46.2 Å². The number of rotatable bonds is 18. The first-order chi connectivity index (χ1) is 24.1. The van der Waals surface area contributed by atoms with Crippen molar-refractivity contribution >= 4 is 48.7 Å². The Morgan fingerprint density at radius 3 is 1.57 bits per heavy atom. The van der Waals surface area contributed by atoms with Gasteiger partial charge in [-0.3, -0.25) is 53.2 Å². The Morgan fingerprint density at radius 1 is 0.647 bits per heavy atom. The zero-order chi connectivity index (χ0) is 37.9. The van der Waals surface area contributed by atoms with E-state index in [2.05, 4.69) is 16.0 Å². The van der Waals surface area contributed by atoms with E-state index in [1.165, 1.54) is 11.8 Å². The highest BCUT2D eigenvalue weighted by Crippen LogP contribution is 2.19. The van der Waals surface area contributed by atoms with Crippen molar-refractivity contribution in [1.82, 2.24) is 40.4 Å². The minimum Gasteiger partial charge on any atom is -0.480 e. The van der Waals surface area contributed by atoms with Crippen molar-refractivity contribution in [2.75, 3.05) is 98.2 Å². The Balaban J connectivity index is 1.77. The number of unbranched alkanes of at least 4 members (excludes halogenated alkanes) is 1. The van der Waals surface area contributed by atoms with Gasteiger partial charge >= 0.3 is 25.0 Å². The number of amides is 4. The van der Waals surface area contributed by atoms with Crippen molar-refractivity contribution in [2.24, 2.45) is 0 Å². The van der Waals surface area contributed by atoms with Crippen molar-refractivity contribution in [1.29, 1.82) is 0 Å². The first-order valence-electron chi connectivity index (χ1n) is 17.2. The van der Waals surface area contributed by atoms with E-state index in [9.17, 15) is 58.9 Å². The summed E-state index contributed by atoms with van der Waals surface area (Å²) >= 11 is 0. The van der Waals surface area contributed by atoms with Gasteiger partial charge in [0.25, 0.3) is 0 Å². The Hall–Kier alpha value is -3.89. The number of carbonyl (C=O) groups is 7. The molecule has 20 nitrogen and oxygen atoms in total. The molecule has 2 fully saturated rings. The largest absolute Gasteiger partial charge is 0.480 e. The van der Waals surface area contributed by atoms with Gasteiger partial charge in [-0.2, -0.15) is 0 Å². The number of carbonyl (C=O) groups excluding carboxylic acids is 4. The van der Waals surface area contributed by atoms with Gasteiger partial charge in [0.1, 0.15) is 6.04 Å². The lowest BCUT2D eigenvalue weighted by Gasteiger charge is -2.32. The molecule has 0 aromatic rings. The van der Waals surface area contributed by atoms with Gasteiger partial charge in [0, 0.05) is 71.9 Å². The smallest absolute Gasteiger partial charge is 0.475 e. The van der Waals surface area contributed by atoms with Crippen molar-refractivity contribution in [3.8, 4) is 0 Å². The summed E-state index contributed by atoms with van der Waals surface area (Å²) in [6, 6.07) is -0.914. The second-order valence-corrected chi connectivity index (χ2v) is 12.8. The van der Waals surface area contributed by atoms with Gasteiger partial charge in [-0.15, -0.1) is 0 Å². The van der Waals surface area contributed by atoms with Crippen LogP contribution in [-0.2, 0) is 33.6 Å². The van der Waals surface area contributed by atoms with E-state index in [1.807, 2.05) is 4.90 Å². The molecule has 2 atom stereocenters. The third-order valence-corrected chi connectivity index (χ3v) is 8.65. The van der Waals surface area contributed by atoms with E-state index < -0.39 is 48.8 Å². The minimum atomic E-state index is -1.67. The van der Waals surface area contributed by atoms with E-state index in [4.69, 9.17) is 0 Å². The van der Waals surface area contributed by atoms with Gasteiger partial charge in [-0.25, -0.2) is 0 Å². The molecule has 21 heteroatoms. The maximum Gasteiger partial charge on any atom is 0.475 e. The first-order valence-corrected chi connectivity index (χ1v) is 17.2. The quantitative estimate of drug-likeness (QED) is 0.0487. The van der Waals surface area contributed by atoms with Crippen LogP contribution < -0.4 is 16.0 Å². The number of hydrogen-bond acceptors (Lipinski definition) is 13. The monoisotopic (exact) mass is 728 g/mol. The molecule has 288 valence electrons. The summed E-state index contributed by atoms with van der Waals surface area (Å²) in [6.07, 6.45) is 2.05. The zero-order valence-electron chi connectivity index (χ0n) is 29.2. The molecule has 51 heavy (non-hydrogen) atoms. The summed E-state index contributed by atoms with van der Waals surface area (Å²) in [7, 11) is -1.67.